The van der Waals surface area contributed by atoms with Crippen molar-refractivity contribution >= 4 is 109 Å². The lowest BCUT2D eigenvalue weighted by molar-refractivity contribution is 0.668. The van der Waals surface area contributed by atoms with E-state index in [0.717, 1.165) is 110 Å². The highest BCUT2D eigenvalue weighted by atomic mass is 16.3. The van der Waals surface area contributed by atoms with Gasteiger partial charge in [0.15, 0.2) is 17.5 Å². The van der Waals surface area contributed by atoms with Gasteiger partial charge in [-0.2, -0.15) is 0 Å². The molecule has 0 spiro atoms. The molecule has 0 aliphatic rings. The topological polar surface area (TPSA) is 83.0 Å². The smallest absolute Gasteiger partial charge is 0.167 e. The first-order valence-corrected chi connectivity index (χ1v) is 22.1. The molecule has 0 amide bonds. The third kappa shape index (κ3) is 5.05. The Labute approximate surface area is 374 Å². The zero-order valence-electron chi connectivity index (χ0n) is 35.0. The van der Waals surface area contributed by atoms with Crippen LogP contribution in [0.5, 0.6) is 0 Å². The van der Waals surface area contributed by atoms with E-state index in [4.69, 9.17) is 28.2 Å². The highest BCUT2D eigenvalue weighted by Crippen LogP contribution is 2.44. The van der Waals surface area contributed by atoms with Crippen LogP contribution in [0.25, 0.3) is 149 Å². The fourth-order valence-electron chi connectivity index (χ4n) is 10.4. The Balaban J connectivity index is 1.10. The number of nitrogens with zero attached hydrogens (tertiary/aromatic N) is 4. The third-order valence-corrected chi connectivity index (χ3v) is 13.4. The molecule has 66 heavy (non-hydrogen) atoms. The third-order valence-electron chi connectivity index (χ3n) is 13.4. The second-order valence-electron chi connectivity index (χ2n) is 17.1. The van der Waals surface area contributed by atoms with Crippen molar-refractivity contribution in [2.75, 3.05) is 0 Å². The molecule has 0 fully saturated rings. The number of rotatable bonds is 4. The summed E-state index contributed by atoms with van der Waals surface area (Å²) in [5.74, 6) is 1.46. The lowest BCUT2D eigenvalue weighted by Gasteiger charge is -2.15. The van der Waals surface area contributed by atoms with Gasteiger partial charge in [0.25, 0.3) is 0 Å². The predicted molar refractivity (Wildman–Crippen MR) is 267 cm³/mol. The molecular weight excluding hydrogens is 813 g/mol. The van der Waals surface area contributed by atoms with E-state index in [1.807, 2.05) is 72.8 Å². The first-order chi connectivity index (χ1) is 32.7. The highest BCUT2D eigenvalue weighted by Gasteiger charge is 2.25. The first kappa shape index (κ1) is 35.4. The molecule has 0 atom stereocenters. The van der Waals surface area contributed by atoms with Crippen LogP contribution in [-0.4, -0.2) is 19.5 Å². The van der Waals surface area contributed by atoms with E-state index in [2.05, 4.69) is 126 Å². The van der Waals surface area contributed by atoms with Gasteiger partial charge < -0.3 is 17.8 Å². The highest BCUT2D eigenvalue weighted by molar-refractivity contribution is 6.18. The van der Waals surface area contributed by atoms with Gasteiger partial charge in [-0.15, -0.1) is 0 Å². The quantitative estimate of drug-likeness (QED) is 0.175. The van der Waals surface area contributed by atoms with Gasteiger partial charge in [0.05, 0.1) is 27.8 Å². The molecule has 0 bridgehead atoms. The molecule has 5 aromatic heterocycles. The van der Waals surface area contributed by atoms with Gasteiger partial charge in [-0.25, -0.2) is 15.0 Å². The average molecular weight is 845 g/mol. The van der Waals surface area contributed by atoms with E-state index >= 15 is 0 Å². The molecule has 15 rings (SSSR count). The molecule has 7 nitrogen and oxygen atoms in total. The maximum Gasteiger partial charge on any atom is 0.167 e. The normalized spacial score (nSPS) is 12.2. The number of furan rings is 3. The minimum absolute atomic E-state index is 0.482. The van der Waals surface area contributed by atoms with Gasteiger partial charge in [0.2, 0.25) is 0 Å². The molecule has 15 aromatic rings. The van der Waals surface area contributed by atoms with Gasteiger partial charge in [-0.1, -0.05) is 127 Å². The molecule has 0 aliphatic carbocycles. The molecule has 306 valence electrons. The van der Waals surface area contributed by atoms with E-state index < -0.39 is 0 Å². The summed E-state index contributed by atoms with van der Waals surface area (Å²) >= 11 is 0. The van der Waals surface area contributed by atoms with Crippen molar-refractivity contribution in [3.8, 4) is 39.9 Å². The molecule has 10 aromatic carbocycles. The number of para-hydroxylation sites is 5. The van der Waals surface area contributed by atoms with Crippen molar-refractivity contribution in [2.45, 2.75) is 0 Å². The van der Waals surface area contributed by atoms with E-state index in [1.54, 1.807) is 0 Å². The van der Waals surface area contributed by atoms with Crippen molar-refractivity contribution in [1.82, 2.24) is 19.5 Å². The van der Waals surface area contributed by atoms with Gasteiger partial charge in [-0.3, -0.25) is 0 Å². The average Bonchev–Trinajstić information content (AvgIpc) is 4.13. The Kier molecular flexibility index (Phi) is 7.10. The van der Waals surface area contributed by atoms with Crippen molar-refractivity contribution in [2.24, 2.45) is 0 Å². The summed E-state index contributed by atoms with van der Waals surface area (Å²) in [6.07, 6.45) is 0. The van der Waals surface area contributed by atoms with Crippen molar-refractivity contribution < 1.29 is 13.3 Å². The van der Waals surface area contributed by atoms with E-state index in [0.29, 0.717) is 28.6 Å². The van der Waals surface area contributed by atoms with Crippen molar-refractivity contribution in [3.05, 3.63) is 194 Å². The van der Waals surface area contributed by atoms with Crippen LogP contribution < -0.4 is 0 Å². The van der Waals surface area contributed by atoms with Crippen LogP contribution in [0, 0.1) is 0 Å². The largest absolute Gasteiger partial charge is 0.456 e. The van der Waals surface area contributed by atoms with Crippen molar-refractivity contribution in [3.63, 3.8) is 0 Å². The molecule has 0 saturated carbocycles. The number of aromatic nitrogens is 4. The number of hydrogen-bond donors (Lipinski definition) is 0. The molecule has 5 heterocycles. The maximum absolute atomic E-state index is 6.70. The van der Waals surface area contributed by atoms with Gasteiger partial charge >= 0.3 is 0 Å². The molecule has 0 N–H and O–H groups in total. The summed E-state index contributed by atoms with van der Waals surface area (Å²) in [5, 5.41) is 12.9. The standard InChI is InChI=1S/C59H32N4O3/c1-3-15-35-29-48-44(27-33(35)13-1)45-28-34-14-2-4-16-36(34)30-49(45)63(48)50-32-54-46(39-19-7-8-24-51(39)64-54)31-47(50)59-61-57(42-22-11-20-40-37-17-5-9-25-52(37)65-55(40)42)60-58(62-59)43-23-12-21-41-38-18-6-10-26-53(38)66-56(41)43/h1-32H. The van der Waals surface area contributed by atoms with Gasteiger partial charge in [0, 0.05) is 54.7 Å². The zero-order valence-corrected chi connectivity index (χ0v) is 35.0. The fourth-order valence-corrected chi connectivity index (χ4v) is 10.4. The number of benzene rings is 10. The van der Waals surface area contributed by atoms with Crippen LogP contribution in [0.1, 0.15) is 0 Å². The van der Waals surface area contributed by atoms with Crippen molar-refractivity contribution in [1.29, 1.82) is 0 Å². The summed E-state index contributed by atoms with van der Waals surface area (Å²) in [4.78, 5) is 16.3. The maximum atomic E-state index is 6.70. The number of fused-ring (bicyclic) bond motifs is 14. The Morgan fingerprint density at radius 1 is 0.288 bits per heavy atom. The summed E-state index contributed by atoms with van der Waals surface area (Å²) in [6, 6.07) is 67.5. The van der Waals surface area contributed by atoms with E-state index in [1.165, 1.54) is 10.8 Å². The van der Waals surface area contributed by atoms with Gasteiger partial charge in [0.1, 0.15) is 33.5 Å². The molecule has 0 radical (unpaired) electrons. The Hall–Kier alpha value is -9.07. The summed E-state index contributed by atoms with van der Waals surface area (Å²) in [6.45, 7) is 0. The Morgan fingerprint density at radius 2 is 0.697 bits per heavy atom. The molecular formula is C59H32N4O3. The Morgan fingerprint density at radius 3 is 1.21 bits per heavy atom. The lowest BCUT2D eigenvalue weighted by atomic mass is 10.0. The van der Waals surface area contributed by atoms with Crippen LogP contribution in [-0.2, 0) is 0 Å². The summed E-state index contributed by atoms with van der Waals surface area (Å²) in [5.41, 5.74) is 9.91. The molecule has 0 saturated heterocycles. The second-order valence-corrected chi connectivity index (χ2v) is 17.1. The van der Waals surface area contributed by atoms with Crippen LogP contribution >= 0.6 is 0 Å². The predicted octanol–water partition coefficient (Wildman–Crippen LogP) is 16.0. The van der Waals surface area contributed by atoms with Crippen LogP contribution in [0.15, 0.2) is 207 Å². The lowest BCUT2D eigenvalue weighted by Crippen LogP contribution is -2.04. The number of hydrogen-bond acceptors (Lipinski definition) is 6. The first-order valence-electron chi connectivity index (χ1n) is 22.1. The molecule has 0 unspecified atom stereocenters. The van der Waals surface area contributed by atoms with Crippen LogP contribution in [0.3, 0.4) is 0 Å². The zero-order chi connectivity index (χ0) is 43.0. The summed E-state index contributed by atoms with van der Waals surface area (Å²) < 4.78 is 22.4. The van der Waals surface area contributed by atoms with Crippen LogP contribution in [0.4, 0.5) is 0 Å². The van der Waals surface area contributed by atoms with Crippen LogP contribution in [0.2, 0.25) is 0 Å². The Bertz CT molecular complexity index is 4320. The van der Waals surface area contributed by atoms with E-state index in [9.17, 15) is 0 Å². The van der Waals surface area contributed by atoms with E-state index in [-0.39, 0.29) is 0 Å². The molecule has 0 aliphatic heterocycles. The monoisotopic (exact) mass is 844 g/mol. The molecule has 7 heteroatoms. The SMILES string of the molecule is c1ccc2cc3c(cc2c1)c1cc2ccccc2cc1n3-c1cc2oc3ccccc3c2cc1-c1nc(-c2cccc3c2oc2ccccc23)nc(-c2cccc3c2oc2ccccc23)n1. The minimum Gasteiger partial charge on any atom is -0.456 e. The minimum atomic E-state index is 0.482. The second kappa shape index (κ2) is 13.2. The fraction of sp³-hybridized carbons (Fsp3) is 0. The summed E-state index contributed by atoms with van der Waals surface area (Å²) in [7, 11) is 0. The van der Waals surface area contributed by atoms with Gasteiger partial charge in [-0.05, 0) is 82.2 Å².